The van der Waals surface area contributed by atoms with Crippen molar-refractivity contribution in [2.24, 2.45) is 0 Å². The SMILES string of the molecule is CCCCC/C=C\C/C=C\CCCCCCCCCCCC(=O)OCCCCCCCCCCCCCCCCCCCCCCCCCC(=O)NC(CO)C(O)CCCCCCCCCCCCCCCCCCCCCCCC. The van der Waals surface area contributed by atoms with Gasteiger partial charge in [-0.2, -0.15) is 0 Å². The molecule has 0 aromatic heterocycles. The molecule has 2 unspecified atom stereocenters. The van der Waals surface area contributed by atoms with E-state index >= 15 is 0 Å². The van der Waals surface area contributed by atoms with Crippen molar-refractivity contribution in [3.8, 4) is 0 Å². The fourth-order valence-corrected chi connectivity index (χ4v) is 11.9. The molecule has 0 aliphatic heterocycles. The average molecular weight is 1140 g/mol. The molecule has 0 saturated carbocycles. The summed E-state index contributed by atoms with van der Waals surface area (Å²) in [5.74, 6) is -0.0177. The summed E-state index contributed by atoms with van der Waals surface area (Å²) in [4.78, 5) is 24.7. The van der Waals surface area contributed by atoms with Gasteiger partial charge >= 0.3 is 5.97 Å². The highest BCUT2D eigenvalue weighted by Gasteiger charge is 2.20. The number of nitrogens with one attached hydrogen (secondary N) is 1. The van der Waals surface area contributed by atoms with Crippen molar-refractivity contribution in [2.45, 2.75) is 431 Å². The minimum absolute atomic E-state index is 0.0118. The van der Waals surface area contributed by atoms with Gasteiger partial charge in [0.15, 0.2) is 0 Å². The molecule has 0 heterocycles. The van der Waals surface area contributed by atoms with E-state index in [1.807, 2.05) is 0 Å². The van der Waals surface area contributed by atoms with Crippen LogP contribution in [0.15, 0.2) is 24.3 Å². The number of carbonyl (C=O) groups excluding carboxylic acids is 2. The second-order valence-corrected chi connectivity index (χ2v) is 25.6. The highest BCUT2D eigenvalue weighted by Crippen LogP contribution is 2.20. The summed E-state index contributed by atoms with van der Waals surface area (Å²) in [5, 5.41) is 23.4. The van der Waals surface area contributed by atoms with E-state index in [9.17, 15) is 19.8 Å². The number of rotatable bonds is 70. The maximum Gasteiger partial charge on any atom is 0.305 e. The van der Waals surface area contributed by atoms with E-state index in [0.29, 0.717) is 25.9 Å². The minimum atomic E-state index is -0.665. The van der Waals surface area contributed by atoms with E-state index in [0.717, 1.165) is 51.4 Å². The Balaban J connectivity index is 3.36. The molecule has 3 N–H and O–H groups in total. The molecule has 0 rings (SSSR count). The Morgan fingerprint density at radius 2 is 0.617 bits per heavy atom. The normalized spacial score (nSPS) is 12.6. The van der Waals surface area contributed by atoms with Gasteiger partial charge in [0.25, 0.3) is 0 Å². The molecular formula is C75H145NO5. The number of unbranched alkanes of at least 4 members (excludes halogenated alkanes) is 55. The monoisotopic (exact) mass is 1140 g/mol. The van der Waals surface area contributed by atoms with Gasteiger partial charge in [0.05, 0.1) is 25.4 Å². The van der Waals surface area contributed by atoms with Gasteiger partial charge in [0.1, 0.15) is 0 Å². The lowest BCUT2D eigenvalue weighted by atomic mass is 10.0. The molecule has 0 aromatic rings. The second-order valence-electron chi connectivity index (χ2n) is 25.6. The van der Waals surface area contributed by atoms with Gasteiger partial charge in [-0.25, -0.2) is 0 Å². The zero-order chi connectivity index (χ0) is 58.5. The quantitative estimate of drug-likeness (QED) is 0.0320. The van der Waals surface area contributed by atoms with Crippen molar-refractivity contribution in [3.05, 3.63) is 24.3 Å². The molecule has 480 valence electrons. The Hall–Kier alpha value is -1.66. The molecule has 0 aliphatic rings. The number of esters is 1. The summed E-state index contributed by atoms with van der Waals surface area (Å²) < 4.78 is 5.51. The van der Waals surface area contributed by atoms with Crippen LogP contribution in [0.25, 0.3) is 0 Å². The van der Waals surface area contributed by atoms with E-state index in [2.05, 4.69) is 43.5 Å². The van der Waals surface area contributed by atoms with Gasteiger partial charge in [-0.15, -0.1) is 0 Å². The number of aliphatic hydroxyl groups excluding tert-OH is 2. The number of hydrogen-bond acceptors (Lipinski definition) is 5. The molecule has 81 heavy (non-hydrogen) atoms. The summed E-state index contributed by atoms with van der Waals surface area (Å²) in [6, 6.07) is -0.542. The van der Waals surface area contributed by atoms with Gasteiger partial charge in [-0.05, 0) is 57.8 Å². The topological polar surface area (TPSA) is 95.9 Å². The van der Waals surface area contributed by atoms with Crippen LogP contribution in [-0.4, -0.2) is 47.4 Å². The molecule has 6 heteroatoms. The average Bonchev–Trinajstić information content (AvgIpc) is 3.47. The molecule has 0 radical (unpaired) electrons. The van der Waals surface area contributed by atoms with Gasteiger partial charge in [0, 0.05) is 12.8 Å². The summed E-state index contributed by atoms with van der Waals surface area (Å²) in [6.45, 7) is 4.97. The molecule has 2 atom stereocenters. The molecule has 0 fully saturated rings. The Morgan fingerprint density at radius 3 is 0.963 bits per heavy atom. The van der Waals surface area contributed by atoms with Crippen LogP contribution in [0, 0.1) is 0 Å². The third-order valence-corrected chi connectivity index (χ3v) is 17.5. The summed E-state index contributed by atoms with van der Waals surface area (Å²) in [7, 11) is 0. The van der Waals surface area contributed by atoms with Crippen molar-refractivity contribution in [3.63, 3.8) is 0 Å². The summed E-state index contributed by atoms with van der Waals surface area (Å²) in [5.41, 5.74) is 0. The maximum atomic E-state index is 12.6. The first-order chi connectivity index (χ1) is 40.0. The molecule has 1 amide bonds. The smallest absolute Gasteiger partial charge is 0.305 e. The molecule has 6 nitrogen and oxygen atoms in total. The third kappa shape index (κ3) is 67.3. The first kappa shape index (κ1) is 79.3. The fourth-order valence-electron chi connectivity index (χ4n) is 11.9. The predicted molar refractivity (Wildman–Crippen MR) is 356 cm³/mol. The van der Waals surface area contributed by atoms with Crippen molar-refractivity contribution in [1.82, 2.24) is 5.32 Å². The Morgan fingerprint density at radius 1 is 0.346 bits per heavy atom. The van der Waals surface area contributed by atoms with Gasteiger partial charge < -0.3 is 20.3 Å². The lowest BCUT2D eigenvalue weighted by Crippen LogP contribution is -2.45. The van der Waals surface area contributed by atoms with Gasteiger partial charge in [-0.1, -0.05) is 372 Å². The van der Waals surface area contributed by atoms with Crippen LogP contribution >= 0.6 is 0 Å². The molecule has 0 spiro atoms. The zero-order valence-electron chi connectivity index (χ0n) is 55.0. The van der Waals surface area contributed by atoms with Crippen LogP contribution in [0.1, 0.15) is 418 Å². The van der Waals surface area contributed by atoms with Gasteiger partial charge in [-0.3, -0.25) is 9.59 Å². The number of hydrogen-bond donors (Lipinski definition) is 3. The fraction of sp³-hybridized carbons (Fsp3) is 0.920. The number of amides is 1. The molecule has 0 bridgehead atoms. The van der Waals surface area contributed by atoms with Crippen molar-refractivity contribution in [2.75, 3.05) is 13.2 Å². The molecule has 0 saturated heterocycles. The van der Waals surface area contributed by atoms with Crippen LogP contribution < -0.4 is 5.32 Å². The van der Waals surface area contributed by atoms with E-state index in [1.165, 1.54) is 334 Å². The van der Waals surface area contributed by atoms with E-state index in [1.54, 1.807) is 0 Å². The number of aliphatic hydroxyl groups is 2. The first-order valence-corrected chi connectivity index (χ1v) is 37.1. The van der Waals surface area contributed by atoms with Crippen LogP contribution in [0.5, 0.6) is 0 Å². The van der Waals surface area contributed by atoms with Crippen molar-refractivity contribution < 1.29 is 24.5 Å². The second kappa shape index (κ2) is 70.8. The molecule has 0 aromatic carbocycles. The van der Waals surface area contributed by atoms with Crippen molar-refractivity contribution >= 4 is 11.9 Å². The van der Waals surface area contributed by atoms with E-state index in [4.69, 9.17) is 4.74 Å². The highest BCUT2D eigenvalue weighted by molar-refractivity contribution is 5.76. The highest BCUT2D eigenvalue weighted by atomic mass is 16.5. The number of ether oxygens (including phenoxy) is 1. The number of carbonyl (C=O) groups is 2. The Kier molecular flexibility index (Phi) is 69.4. The van der Waals surface area contributed by atoms with E-state index < -0.39 is 12.1 Å². The first-order valence-electron chi connectivity index (χ1n) is 37.1. The summed E-state index contributed by atoms with van der Waals surface area (Å²) in [6.07, 6.45) is 89.5. The maximum absolute atomic E-state index is 12.6. The zero-order valence-corrected chi connectivity index (χ0v) is 55.0. The van der Waals surface area contributed by atoms with Crippen molar-refractivity contribution in [1.29, 1.82) is 0 Å². The van der Waals surface area contributed by atoms with Crippen LogP contribution in [0.2, 0.25) is 0 Å². The van der Waals surface area contributed by atoms with Crippen LogP contribution in [0.4, 0.5) is 0 Å². The van der Waals surface area contributed by atoms with E-state index in [-0.39, 0.29) is 18.5 Å². The van der Waals surface area contributed by atoms with Crippen LogP contribution in [0.3, 0.4) is 0 Å². The standard InChI is InChI=1S/C75H145NO5/c1-3-5-7-9-11-13-15-17-19-21-23-24-28-32-35-39-43-47-51-55-59-63-67-73(78)72(71-77)76-74(79)68-64-60-56-52-48-44-40-36-33-29-26-25-27-30-34-38-42-46-50-54-58-62-66-70-81-75(80)69-65-61-57-53-49-45-41-37-31-22-20-18-16-14-12-10-8-6-4-2/h12,14,18,20,72-73,77-78H,3-11,13,15-17,19,21-71H2,1-2H3,(H,76,79)/b14-12-,20-18-. The Bertz CT molecular complexity index is 1270. The summed E-state index contributed by atoms with van der Waals surface area (Å²) >= 11 is 0. The van der Waals surface area contributed by atoms with Crippen LogP contribution in [-0.2, 0) is 14.3 Å². The lowest BCUT2D eigenvalue weighted by molar-refractivity contribution is -0.143. The number of allylic oxidation sites excluding steroid dienone is 4. The lowest BCUT2D eigenvalue weighted by Gasteiger charge is -2.22. The largest absolute Gasteiger partial charge is 0.466 e. The molecule has 0 aliphatic carbocycles. The third-order valence-electron chi connectivity index (χ3n) is 17.5. The minimum Gasteiger partial charge on any atom is -0.466 e. The van der Waals surface area contributed by atoms with Gasteiger partial charge in [0.2, 0.25) is 5.91 Å². The predicted octanol–water partition coefficient (Wildman–Crippen LogP) is 24.1. The molecular weight excluding hydrogens is 995 g/mol. The Labute approximate surface area is 507 Å².